The molecular formula is C28H29ClN2O. The first-order valence-corrected chi connectivity index (χ1v) is 11.8. The van der Waals surface area contributed by atoms with Crippen LogP contribution < -0.4 is 15.8 Å². The molecule has 3 nitrogen and oxygen atoms in total. The van der Waals surface area contributed by atoms with Crippen molar-refractivity contribution in [3.63, 3.8) is 0 Å². The lowest BCUT2D eigenvalue weighted by atomic mass is 9.63. The monoisotopic (exact) mass is 444 g/mol. The van der Waals surface area contributed by atoms with E-state index in [1.807, 2.05) is 18.3 Å². The molecule has 0 amide bonds. The Bertz CT molecular complexity index is 1090. The van der Waals surface area contributed by atoms with Gasteiger partial charge in [-0.25, -0.2) is 0 Å². The lowest BCUT2D eigenvalue weighted by Gasteiger charge is -2.45. The number of fused-ring (bicyclic) bond motifs is 1. The molecule has 3 aromatic rings. The predicted octanol–water partition coefficient (Wildman–Crippen LogP) is 6.37. The summed E-state index contributed by atoms with van der Waals surface area (Å²) in [5.41, 5.74) is 11.7. The van der Waals surface area contributed by atoms with Crippen molar-refractivity contribution in [3.8, 4) is 5.75 Å². The van der Waals surface area contributed by atoms with E-state index in [1.165, 1.54) is 22.3 Å². The van der Waals surface area contributed by atoms with Gasteiger partial charge >= 0.3 is 0 Å². The van der Waals surface area contributed by atoms with Crippen LogP contribution in [0.4, 0.5) is 0 Å². The summed E-state index contributed by atoms with van der Waals surface area (Å²) in [5.74, 6) is 0.779. The van der Waals surface area contributed by atoms with Gasteiger partial charge in [-0.05, 0) is 72.3 Å². The summed E-state index contributed by atoms with van der Waals surface area (Å²) in [6.45, 7) is 0.798. The van der Waals surface area contributed by atoms with Crippen molar-refractivity contribution in [1.82, 2.24) is 5.32 Å². The van der Waals surface area contributed by atoms with E-state index >= 15 is 0 Å². The van der Waals surface area contributed by atoms with Gasteiger partial charge in [0.25, 0.3) is 0 Å². The number of halogens is 1. The SMILES string of the molecule is N[C@@H](c1ccccc1)[C@]1(c2ccccc2)CC[C@H](Oc2cc3c(cc2Cl)CNC=C3)CC1. The highest BCUT2D eigenvalue weighted by atomic mass is 35.5. The van der Waals surface area contributed by atoms with Crippen LogP contribution in [-0.2, 0) is 12.0 Å². The molecule has 4 heteroatoms. The topological polar surface area (TPSA) is 47.3 Å². The normalized spacial score (nSPS) is 23.1. The molecule has 0 bridgehead atoms. The minimum Gasteiger partial charge on any atom is -0.489 e. The van der Waals surface area contributed by atoms with Crippen LogP contribution >= 0.6 is 11.6 Å². The molecular weight excluding hydrogens is 416 g/mol. The molecule has 3 N–H and O–H groups in total. The van der Waals surface area contributed by atoms with Gasteiger partial charge in [-0.2, -0.15) is 0 Å². The summed E-state index contributed by atoms with van der Waals surface area (Å²) < 4.78 is 6.44. The molecule has 5 rings (SSSR count). The van der Waals surface area contributed by atoms with E-state index in [0.717, 1.165) is 38.0 Å². The number of nitrogens with two attached hydrogens (primary N) is 1. The Balaban J connectivity index is 1.37. The second-order valence-electron chi connectivity index (χ2n) is 8.92. The number of benzene rings is 3. The zero-order valence-electron chi connectivity index (χ0n) is 18.1. The Hall–Kier alpha value is -2.75. The van der Waals surface area contributed by atoms with Gasteiger partial charge in [0, 0.05) is 18.0 Å². The Morgan fingerprint density at radius 2 is 1.66 bits per heavy atom. The Morgan fingerprint density at radius 1 is 0.969 bits per heavy atom. The number of rotatable bonds is 5. The average Bonchev–Trinajstić information content (AvgIpc) is 2.86. The first kappa shape index (κ1) is 21.1. The molecule has 1 aliphatic carbocycles. The van der Waals surface area contributed by atoms with E-state index in [0.29, 0.717) is 5.02 Å². The third kappa shape index (κ3) is 4.03. The number of ether oxygens (including phenoxy) is 1. The summed E-state index contributed by atoms with van der Waals surface area (Å²) in [7, 11) is 0. The second-order valence-corrected chi connectivity index (χ2v) is 9.33. The van der Waals surface area contributed by atoms with Crippen LogP contribution in [0.2, 0.25) is 5.02 Å². The van der Waals surface area contributed by atoms with Gasteiger partial charge in [-0.1, -0.05) is 72.3 Å². The molecule has 0 unspecified atom stereocenters. The lowest BCUT2D eigenvalue weighted by molar-refractivity contribution is 0.104. The molecule has 32 heavy (non-hydrogen) atoms. The fourth-order valence-electron chi connectivity index (χ4n) is 5.26. The van der Waals surface area contributed by atoms with E-state index in [-0.39, 0.29) is 17.6 Å². The maximum atomic E-state index is 6.96. The lowest BCUT2D eigenvalue weighted by Crippen LogP contribution is -2.43. The van der Waals surface area contributed by atoms with Crippen LogP contribution in [-0.4, -0.2) is 6.10 Å². The molecule has 1 aliphatic heterocycles. The molecule has 0 radical (unpaired) electrons. The van der Waals surface area contributed by atoms with E-state index in [9.17, 15) is 0 Å². The van der Waals surface area contributed by atoms with Crippen LogP contribution in [0.3, 0.4) is 0 Å². The standard InChI is InChI=1S/C28H29ClN2O/c29-25-17-22-19-31-16-13-21(22)18-26(25)32-24-11-14-28(15-12-24,23-9-5-2-6-10-23)27(30)20-7-3-1-4-8-20/h1-10,13,16-18,24,27,31H,11-12,14-15,19,30H2/t24-,27-,28+/m0/s1. The number of nitrogens with one attached hydrogen (secondary N) is 1. The molecule has 0 spiro atoms. The van der Waals surface area contributed by atoms with Crippen LogP contribution in [0.5, 0.6) is 5.75 Å². The second kappa shape index (κ2) is 9.01. The first-order chi connectivity index (χ1) is 15.7. The van der Waals surface area contributed by atoms with Gasteiger partial charge in [0.2, 0.25) is 0 Å². The van der Waals surface area contributed by atoms with Gasteiger partial charge in [0.15, 0.2) is 0 Å². The highest BCUT2D eigenvalue weighted by Crippen LogP contribution is 2.48. The maximum Gasteiger partial charge on any atom is 0.138 e. The molecule has 1 atom stereocenters. The first-order valence-electron chi connectivity index (χ1n) is 11.4. The predicted molar refractivity (Wildman–Crippen MR) is 132 cm³/mol. The van der Waals surface area contributed by atoms with Crippen molar-refractivity contribution in [1.29, 1.82) is 0 Å². The Kier molecular flexibility index (Phi) is 5.95. The van der Waals surface area contributed by atoms with Gasteiger partial charge in [0.05, 0.1) is 11.1 Å². The highest BCUT2D eigenvalue weighted by molar-refractivity contribution is 6.32. The summed E-state index contributed by atoms with van der Waals surface area (Å²) >= 11 is 6.57. The summed E-state index contributed by atoms with van der Waals surface area (Å²) in [6, 6.07) is 25.3. The number of hydrogen-bond donors (Lipinski definition) is 2. The fourth-order valence-corrected chi connectivity index (χ4v) is 5.49. The van der Waals surface area contributed by atoms with Crippen LogP contribution in [0, 0.1) is 0 Å². The third-order valence-electron chi connectivity index (χ3n) is 7.09. The van der Waals surface area contributed by atoms with Gasteiger partial charge in [-0.15, -0.1) is 0 Å². The van der Waals surface area contributed by atoms with Crippen LogP contribution in [0.1, 0.15) is 54.0 Å². The zero-order chi connectivity index (χ0) is 22.0. The van der Waals surface area contributed by atoms with Crippen molar-refractivity contribution >= 4 is 17.7 Å². The minimum atomic E-state index is -0.101. The molecule has 0 aromatic heterocycles. The van der Waals surface area contributed by atoms with E-state index in [2.05, 4.69) is 72.1 Å². The largest absolute Gasteiger partial charge is 0.489 e. The molecule has 1 saturated carbocycles. The molecule has 2 aliphatic rings. The molecule has 3 aromatic carbocycles. The summed E-state index contributed by atoms with van der Waals surface area (Å²) in [4.78, 5) is 0. The van der Waals surface area contributed by atoms with E-state index < -0.39 is 0 Å². The van der Waals surface area contributed by atoms with Gasteiger partial charge in [0.1, 0.15) is 5.75 Å². The minimum absolute atomic E-state index is 0.0583. The molecule has 1 heterocycles. The highest BCUT2D eigenvalue weighted by Gasteiger charge is 2.43. The van der Waals surface area contributed by atoms with Crippen molar-refractivity contribution in [2.75, 3.05) is 0 Å². The zero-order valence-corrected chi connectivity index (χ0v) is 18.9. The summed E-state index contributed by atoms with van der Waals surface area (Å²) in [6.07, 6.45) is 8.02. The van der Waals surface area contributed by atoms with Crippen molar-refractivity contribution in [2.24, 2.45) is 5.73 Å². The van der Waals surface area contributed by atoms with Crippen molar-refractivity contribution in [2.45, 2.75) is 49.8 Å². The van der Waals surface area contributed by atoms with E-state index in [1.54, 1.807) is 0 Å². The van der Waals surface area contributed by atoms with Gasteiger partial charge < -0.3 is 15.8 Å². The Morgan fingerprint density at radius 3 is 2.38 bits per heavy atom. The van der Waals surface area contributed by atoms with Crippen LogP contribution in [0.25, 0.3) is 6.08 Å². The fraction of sp³-hybridized carbons (Fsp3) is 0.286. The Labute approximate surface area is 195 Å². The molecule has 1 fully saturated rings. The smallest absolute Gasteiger partial charge is 0.138 e. The quantitative estimate of drug-likeness (QED) is 0.480. The van der Waals surface area contributed by atoms with E-state index in [4.69, 9.17) is 22.1 Å². The maximum absolute atomic E-state index is 6.96. The van der Waals surface area contributed by atoms with Crippen LogP contribution in [0.15, 0.2) is 79.0 Å². The summed E-state index contributed by atoms with van der Waals surface area (Å²) in [5, 5.41) is 3.91. The number of hydrogen-bond acceptors (Lipinski definition) is 3. The third-order valence-corrected chi connectivity index (χ3v) is 7.38. The average molecular weight is 445 g/mol. The van der Waals surface area contributed by atoms with Gasteiger partial charge in [-0.3, -0.25) is 0 Å². The van der Waals surface area contributed by atoms with Crippen molar-refractivity contribution < 1.29 is 4.74 Å². The molecule has 164 valence electrons. The van der Waals surface area contributed by atoms with Crippen molar-refractivity contribution in [3.05, 3.63) is 106 Å². The molecule has 0 saturated heterocycles.